The second-order valence-corrected chi connectivity index (χ2v) is 9.52. The number of hydrogen-bond acceptors (Lipinski definition) is 5. The van der Waals surface area contributed by atoms with Gasteiger partial charge in [-0.05, 0) is 51.7 Å². The highest BCUT2D eigenvalue weighted by Crippen LogP contribution is 2.24. The van der Waals surface area contributed by atoms with Crippen molar-refractivity contribution >= 4 is 39.5 Å². The molecule has 2 atom stereocenters. The number of benzene rings is 1. The molecule has 1 aromatic heterocycles. The molecule has 1 saturated heterocycles. The van der Waals surface area contributed by atoms with Gasteiger partial charge in [0.25, 0.3) is 0 Å². The zero-order chi connectivity index (χ0) is 19.6. The molecular weight excluding hydrogens is 386 g/mol. The number of aromatic nitrogens is 2. The Morgan fingerprint density at radius 3 is 2.63 bits per heavy atom. The highest BCUT2D eigenvalue weighted by molar-refractivity contribution is 7.85. The van der Waals surface area contributed by atoms with Crippen LogP contribution in [0.3, 0.4) is 0 Å². The molecule has 146 valence electrons. The standard InChI is InChI=1S/C19H24ClN3O3S/c1-19(2,3)26-18(24)23-10-6-7-13(11-23)12-27(25)17-16(20)21-14-8-4-5-9-15(14)22-17/h4-5,8-9,13H,6-7,10-12H2,1-3H3. The maximum Gasteiger partial charge on any atom is 0.410 e. The van der Waals surface area contributed by atoms with Crippen LogP contribution in [0.5, 0.6) is 0 Å². The molecule has 27 heavy (non-hydrogen) atoms. The fraction of sp³-hybridized carbons (Fsp3) is 0.526. The molecule has 0 saturated carbocycles. The first-order valence-corrected chi connectivity index (χ1v) is 10.7. The minimum atomic E-state index is -1.38. The van der Waals surface area contributed by atoms with Crippen LogP contribution in [0.2, 0.25) is 5.15 Å². The van der Waals surface area contributed by atoms with Gasteiger partial charge >= 0.3 is 6.09 Å². The predicted molar refractivity (Wildman–Crippen MR) is 106 cm³/mol. The van der Waals surface area contributed by atoms with Crippen molar-refractivity contribution < 1.29 is 13.7 Å². The first-order chi connectivity index (χ1) is 12.7. The van der Waals surface area contributed by atoms with Crippen molar-refractivity contribution in [1.29, 1.82) is 0 Å². The molecule has 0 spiro atoms. The number of likely N-dealkylation sites (tertiary alicyclic amines) is 1. The highest BCUT2D eigenvalue weighted by Gasteiger charge is 2.29. The molecule has 0 aliphatic carbocycles. The third-order valence-electron chi connectivity index (χ3n) is 4.27. The molecule has 0 radical (unpaired) electrons. The molecule has 0 bridgehead atoms. The Kier molecular flexibility index (Phi) is 6.01. The number of halogens is 1. The highest BCUT2D eigenvalue weighted by atomic mass is 35.5. The van der Waals surface area contributed by atoms with Gasteiger partial charge in [0.2, 0.25) is 0 Å². The summed E-state index contributed by atoms with van der Waals surface area (Å²) in [5.74, 6) is 0.503. The summed E-state index contributed by atoms with van der Waals surface area (Å²) < 4.78 is 18.3. The summed E-state index contributed by atoms with van der Waals surface area (Å²) in [5, 5.41) is 0.483. The molecule has 1 aliphatic heterocycles. The monoisotopic (exact) mass is 409 g/mol. The molecule has 2 unspecified atom stereocenters. The molecule has 1 fully saturated rings. The molecule has 0 N–H and O–H groups in total. The zero-order valence-electron chi connectivity index (χ0n) is 15.8. The Bertz CT molecular complexity index is 869. The fourth-order valence-corrected chi connectivity index (χ4v) is 4.78. The molecule has 2 heterocycles. The molecule has 1 aliphatic rings. The number of nitrogens with zero attached hydrogens (tertiary/aromatic N) is 3. The van der Waals surface area contributed by atoms with E-state index >= 15 is 0 Å². The minimum Gasteiger partial charge on any atom is -0.444 e. The smallest absolute Gasteiger partial charge is 0.410 e. The number of carbonyl (C=O) groups excluding carboxylic acids is 1. The molecule has 6 nitrogen and oxygen atoms in total. The fourth-order valence-electron chi connectivity index (χ4n) is 3.09. The summed E-state index contributed by atoms with van der Waals surface area (Å²) in [6.45, 7) is 6.74. The van der Waals surface area contributed by atoms with Crippen molar-refractivity contribution in [2.45, 2.75) is 44.2 Å². The van der Waals surface area contributed by atoms with Crippen molar-refractivity contribution in [3.8, 4) is 0 Å². The molecule has 1 aromatic carbocycles. The normalized spacial score (nSPS) is 19.1. The molecule has 2 aromatic rings. The quantitative estimate of drug-likeness (QED) is 0.764. The van der Waals surface area contributed by atoms with Crippen molar-refractivity contribution in [1.82, 2.24) is 14.9 Å². The van der Waals surface area contributed by atoms with Crippen LogP contribution in [0.15, 0.2) is 29.3 Å². The Hall–Kier alpha value is -1.73. The Labute approximate surface area is 166 Å². The van der Waals surface area contributed by atoms with E-state index in [4.69, 9.17) is 16.3 Å². The van der Waals surface area contributed by atoms with Crippen molar-refractivity contribution in [2.75, 3.05) is 18.8 Å². The number of rotatable bonds is 3. The SMILES string of the molecule is CC(C)(C)OC(=O)N1CCCC(CS(=O)c2nc3ccccc3nc2Cl)C1. The lowest BCUT2D eigenvalue weighted by molar-refractivity contribution is 0.0176. The van der Waals surface area contributed by atoms with E-state index < -0.39 is 16.4 Å². The van der Waals surface area contributed by atoms with Crippen LogP contribution >= 0.6 is 11.6 Å². The number of carbonyl (C=O) groups is 1. The number of para-hydroxylation sites is 2. The van der Waals surface area contributed by atoms with Crippen LogP contribution in [-0.4, -0.2) is 49.6 Å². The minimum absolute atomic E-state index is 0.108. The average molecular weight is 410 g/mol. The van der Waals surface area contributed by atoms with Gasteiger partial charge in [-0.15, -0.1) is 0 Å². The van der Waals surface area contributed by atoms with Crippen LogP contribution in [0.4, 0.5) is 4.79 Å². The summed E-state index contributed by atoms with van der Waals surface area (Å²) in [6, 6.07) is 7.36. The molecule has 1 amide bonds. The van der Waals surface area contributed by atoms with Crippen molar-refractivity contribution in [3.05, 3.63) is 29.4 Å². The van der Waals surface area contributed by atoms with E-state index in [-0.39, 0.29) is 17.2 Å². The van der Waals surface area contributed by atoms with E-state index in [9.17, 15) is 9.00 Å². The van der Waals surface area contributed by atoms with Crippen LogP contribution in [0.25, 0.3) is 11.0 Å². The van der Waals surface area contributed by atoms with Gasteiger partial charge in [0.15, 0.2) is 10.2 Å². The number of fused-ring (bicyclic) bond motifs is 1. The summed E-state index contributed by atoms with van der Waals surface area (Å²) >= 11 is 6.22. The lowest BCUT2D eigenvalue weighted by Gasteiger charge is -2.33. The Morgan fingerprint density at radius 2 is 1.96 bits per heavy atom. The predicted octanol–water partition coefficient (Wildman–Crippen LogP) is 4.04. The average Bonchev–Trinajstić information content (AvgIpc) is 2.60. The summed E-state index contributed by atoms with van der Waals surface area (Å²) in [7, 11) is -1.38. The zero-order valence-corrected chi connectivity index (χ0v) is 17.3. The van der Waals surface area contributed by atoms with E-state index in [0.29, 0.717) is 34.9 Å². The van der Waals surface area contributed by atoms with Crippen molar-refractivity contribution in [2.24, 2.45) is 5.92 Å². The Morgan fingerprint density at radius 1 is 1.30 bits per heavy atom. The topological polar surface area (TPSA) is 72.4 Å². The van der Waals surface area contributed by atoms with Gasteiger partial charge in [0.05, 0.1) is 21.8 Å². The van der Waals surface area contributed by atoms with Crippen LogP contribution in [0, 0.1) is 5.92 Å². The van der Waals surface area contributed by atoms with Crippen molar-refractivity contribution in [3.63, 3.8) is 0 Å². The summed E-state index contributed by atoms with van der Waals surface area (Å²) in [5.41, 5.74) is 0.822. The summed E-state index contributed by atoms with van der Waals surface area (Å²) in [6.07, 6.45) is 1.45. The van der Waals surface area contributed by atoms with E-state index in [1.165, 1.54) is 0 Å². The molecule has 3 rings (SSSR count). The van der Waals surface area contributed by atoms with Crippen LogP contribution in [-0.2, 0) is 15.5 Å². The number of piperidine rings is 1. The maximum absolute atomic E-state index is 12.9. The van der Waals surface area contributed by atoms with E-state index in [1.807, 2.05) is 45.0 Å². The number of ether oxygens (including phenoxy) is 1. The number of hydrogen-bond donors (Lipinski definition) is 0. The first-order valence-electron chi connectivity index (χ1n) is 9.01. The van der Waals surface area contributed by atoms with Gasteiger partial charge in [0, 0.05) is 18.8 Å². The van der Waals surface area contributed by atoms with E-state index in [2.05, 4.69) is 9.97 Å². The largest absolute Gasteiger partial charge is 0.444 e. The van der Waals surface area contributed by atoms with Gasteiger partial charge in [-0.25, -0.2) is 14.8 Å². The second kappa shape index (κ2) is 8.10. The number of amides is 1. The molecule has 8 heteroatoms. The van der Waals surface area contributed by atoms with E-state index in [0.717, 1.165) is 12.8 Å². The second-order valence-electron chi connectivity index (χ2n) is 7.76. The lowest BCUT2D eigenvalue weighted by atomic mass is 10.0. The lowest BCUT2D eigenvalue weighted by Crippen LogP contribution is -2.44. The van der Waals surface area contributed by atoms with Gasteiger partial charge in [-0.3, -0.25) is 4.21 Å². The van der Waals surface area contributed by atoms with Gasteiger partial charge in [0.1, 0.15) is 5.60 Å². The third-order valence-corrected chi connectivity index (χ3v) is 6.14. The van der Waals surface area contributed by atoms with Gasteiger partial charge in [-0.1, -0.05) is 23.7 Å². The van der Waals surface area contributed by atoms with Crippen LogP contribution in [0.1, 0.15) is 33.6 Å². The first kappa shape index (κ1) is 20.0. The molecular formula is C19H24ClN3O3S. The summed E-state index contributed by atoms with van der Waals surface area (Å²) in [4.78, 5) is 22.7. The van der Waals surface area contributed by atoms with Crippen LogP contribution < -0.4 is 0 Å². The van der Waals surface area contributed by atoms with Gasteiger partial charge < -0.3 is 9.64 Å². The Balaban J connectivity index is 1.69. The third kappa shape index (κ3) is 5.17. The van der Waals surface area contributed by atoms with Gasteiger partial charge in [-0.2, -0.15) is 0 Å². The maximum atomic E-state index is 12.9. The van der Waals surface area contributed by atoms with E-state index in [1.54, 1.807) is 4.90 Å².